The number of anilines is 1. The second kappa shape index (κ2) is 5.00. The number of halogens is 2. The molecule has 3 rings (SSSR count). The molecule has 3 aromatic rings. The van der Waals surface area contributed by atoms with Crippen LogP contribution in [-0.2, 0) is 0 Å². The van der Waals surface area contributed by atoms with Gasteiger partial charge in [-0.15, -0.1) is 0 Å². The van der Waals surface area contributed by atoms with E-state index in [1.54, 1.807) is 13.2 Å². The van der Waals surface area contributed by atoms with Gasteiger partial charge in [0.2, 0.25) is 5.95 Å². The van der Waals surface area contributed by atoms with E-state index in [4.69, 9.17) is 22.1 Å². The summed E-state index contributed by atoms with van der Waals surface area (Å²) in [7, 11) is 1.58. The van der Waals surface area contributed by atoms with Gasteiger partial charge in [-0.25, -0.2) is 4.98 Å². The second-order valence-corrected chi connectivity index (χ2v) is 5.58. The SMILES string of the molecule is COc1ccc(-n2c(N)nc3cc(Br)ccc32)cc1Cl. The Balaban J connectivity index is 2.23. The summed E-state index contributed by atoms with van der Waals surface area (Å²) in [4.78, 5) is 4.36. The van der Waals surface area contributed by atoms with E-state index in [-0.39, 0.29) is 0 Å². The molecule has 1 aromatic heterocycles. The van der Waals surface area contributed by atoms with E-state index in [9.17, 15) is 0 Å². The van der Waals surface area contributed by atoms with Crippen molar-refractivity contribution in [3.8, 4) is 11.4 Å². The molecule has 0 fully saturated rings. The molecule has 0 radical (unpaired) electrons. The largest absolute Gasteiger partial charge is 0.495 e. The fourth-order valence-corrected chi connectivity index (χ4v) is 2.74. The van der Waals surface area contributed by atoms with Gasteiger partial charge < -0.3 is 10.5 Å². The number of hydrogen-bond acceptors (Lipinski definition) is 3. The summed E-state index contributed by atoms with van der Waals surface area (Å²) in [5, 5.41) is 0.531. The molecule has 0 saturated carbocycles. The summed E-state index contributed by atoms with van der Waals surface area (Å²) >= 11 is 9.59. The zero-order valence-corrected chi connectivity index (χ0v) is 12.9. The number of nitrogens with two attached hydrogens (primary N) is 1. The average Bonchev–Trinajstić information content (AvgIpc) is 2.73. The lowest BCUT2D eigenvalue weighted by atomic mass is 10.2. The van der Waals surface area contributed by atoms with Crippen molar-refractivity contribution in [2.75, 3.05) is 12.8 Å². The van der Waals surface area contributed by atoms with Crippen LogP contribution in [0.15, 0.2) is 40.9 Å². The topological polar surface area (TPSA) is 53.1 Å². The Morgan fingerprint density at radius 3 is 2.75 bits per heavy atom. The molecule has 2 aromatic carbocycles. The quantitative estimate of drug-likeness (QED) is 0.757. The van der Waals surface area contributed by atoms with Crippen LogP contribution in [0.25, 0.3) is 16.7 Å². The molecule has 6 heteroatoms. The fraction of sp³-hybridized carbons (Fsp3) is 0.0714. The minimum absolute atomic E-state index is 0.416. The van der Waals surface area contributed by atoms with Crippen molar-refractivity contribution in [3.05, 3.63) is 45.9 Å². The van der Waals surface area contributed by atoms with Gasteiger partial charge in [-0.2, -0.15) is 0 Å². The molecule has 20 heavy (non-hydrogen) atoms. The first-order chi connectivity index (χ1) is 9.60. The van der Waals surface area contributed by atoms with E-state index in [1.165, 1.54) is 0 Å². The minimum Gasteiger partial charge on any atom is -0.495 e. The molecular formula is C14H11BrClN3O. The van der Waals surface area contributed by atoms with Gasteiger partial charge in [-0.1, -0.05) is 27.5 Å². The van der Waals surface area contributed by atoms with E-state index in [1.807, 2.05) is 34.9 Å². The predicted molar refractivity (Wildman–Crippen MR) is 84.7 cm³/mol. The number of ether oxygens (including phenoxy) is 1. The van der Waals surface area contributed by atoms with Crippen LogP contribution in [0.3, 0.4) is 0 Å². The highest BCUT2D eigenvalue weighted by molar-refractivity contribution is 9.10. The monoisotopic (exact) mass is 351 g/mol. The summed E-state index contributed by atoms with van der Waals surface area (Å²) < 4.78 is 7.97. The first-order valence-corrected chi connectivity index (χ1v) is 7.04. The maximum atomic E-state index is 6.17. The summed E-state index contributed by atoms with van der Waals surface area (Å²) in [6.07, 6.45) is 0. The molecule has 0 saturated heterocycles. The summed E-state index contributed by atoms with van der Waals surface area (Å²) in [6, 6.07) is 11.3. The highest BCUT2D eigenvalue weighted by atomic mass is 79.9. The average molecular weight is 353 g/mol. The van der Waals surface area contributed by atoms with Crippen LogP contribution in [-0.4, -0.2) is 16.7 Å². The third-order valence-electron chi connectivity index (χ3n) is 3.04. The maximum absolute atomic E-state index is 6.17. The van der Waals surface area contributed by atoms with Gasteiger partial charge in [-0.05, 0) is 36.4 Å². The summed E-state index contributed by atoms with van der Waals surface area (Å²) in [6.45, 7) is 0. The molecule has 2 N–H and O–H groups in total. The standard InChI is InChI=1S/C14H11BrClN3O/c1-20-13-5-3-9(7-10(13)16)19-12-4-2-8(15)6-11(12)18-14(19)17/h2-7H,1H3,(H2,17,18). The number of aromatic nitrogens is 2. The van der Waals surface area contributed by atoms with Gasteiger partial charge in [0.1, 0.15) is 5.75 Å². The highest BCUT2D eigenvalue weighted by Crippen LogP contribution is 2.30. The number of nitrogen functional groups attached to an aromatic ring is 1. The van der Waals surface area contributed by atoms with Gasteiger partial charge in [0, 0.05) is 4.47 Å². The lowest BCUT2D eigenvalue weighted by molar-refractivity contribution is 0.415. The predicted octanol–water partition coefficient (Wildman–Crippen LogP) is 4.03. The molecule has 0 bridgehead atoms. The summed E-state index contributed by atoms with van der Waals surface area (Å²) in [5.74, 6) is 1.04. The van der Waals surface area contributed by atoms with Gasteiger partial charge in [-0.3, -0.25) is 4.57 Å². The Morgan fingerprint density at radius 1 is 1.25 bits per heavy atom. The fourth-order valence-electron chi connectivity index (χ4n) is 2.14. The van der Waals surface area contributed by atoms with Crippen LogP contribution in [0, 0.1) is 0 Å². The molecule has 102 valence electrons. The molecule has 0 amide bonds. The minimum atomic E-state index is 0.416. The van der Waals surface area contributed by atoms with Crippen molar-refractivity contribution in [2.24, 2.45) is 0 Å². The van der Waals surface area contributed by atoms with Crippen molar-refractivity contribution in [2.45, 2.75) is 0 Å². The molecule has 0 unspecified atom stereocenters. The lowest BCUT2D eigenvalue weighted by Crippen LogP contribution is -2.00. The Hall–Kier alpha value is -1.72. The number of hydrogen-bond donors (Lipinski definition) is 1. The summed E-state index contributed by atoms with van der Waals surface area (Å²) in [5.41, 5.74) is 8.61. The molecule has 0 spiro atoms. The Morgan fingerprint density at radius 2 is 2.05 bits per heavy atom. The van der Waals surface area contributed by atoms with Gasteiger partial charge >= 0.3 is 0 Å². The lowest BCUT2D eigenvalue weighted by Gasteiger charge is -2.09. The van der Waals surface area contributed by atoms with Gasteiger partial charge in [0.25, 0.3) is 0 Å². The van der Waals surface area contributed by atoms with Crippen molar-refractivity contribution in [1.82, 2.24) is 9.55 Å². The zero-order valence-electron chi connectivity index (χ0n) is 10.6. The normalized spacial score (nSPS) is 10.9. The van der Waals surface area contributed by atoms with E-state index >= 15 is 0 Å². The number of benzene rings is 2. The molecule has 0 aliphatic heterocycles. The van der Waals surface area contributed by atoms with E-state index in [0.717, 1.165) is 21.2 Å². The van der Waals surface area contributed by atoms with Crippen molar-refractivity contribution < 1.29 is 4.74 Å². The van der Waals surface area contributed by atoms with Gasteiger partial charge in [0.15, 0.2) is 0 Å². The molecule has 1 heterocycles. The van der Waals surface area contributed by atoms with E-state index < -0.39 is 0 Å². The Bertz CT molecular complexity index is 800. The smallest absolute Gasteiger partial charge is 0.205 e. The first kappa shape index (κ1) is 13.3. The number of rotatable bonds is 2. The third kappa shape index (κ3) is 2.13. The Kier molecular flexibility index (Phi) is 3.31. The van der Waals surface area contributed by atoms with Crippen LogP contribution in [0.4, 0.5) is 5.95 Å². The van der Waals surface area contributed by atoms with Crippen molar-refractivity contribution in [3.63, 3.8) is 0 Å². The van der Waals surface area contributed by atoms with E-state index in [0.29, 0.717) is 16.7 Å². The first-order valence-electron chi connectivity index (χ1n) is 5.87. The number of nitrogens with zero attached hydrogens (tertiary/aromatic N) is 2. The molecule has 0 aliphatic carbocycles. The van der Waals surface area contributed by atoms with Crippen LogP contribution in [0.2, 0.25) is 5.02 Å². The van der Waals surface area contributed by atoms with Crippen LogP contribution >= 0.6 is 27.5 Å². The second-order valence-electron chi connectivity index (χ2n) is 4.26. The number of fused-ring (bicyclic) bond motifs is 1. The molecule has 0 aliphatic rings. The van der Waals surface area contributed by atoms with Crippen LogP contribution in [0.1, 0.15) is 0 Å². The van der Waals surface area contributed by atoms with Crippen LogP contribution in [0.5, 0.6) is 5.75 Å². The third-order valence-corrected chi connectivity index (χ3v) is 3.82. The zero-order chi connectivity index (χ0) is 14.3. The Labute approximate surface area is 129 Å². The highest BCUT2D eigenvalue weighted by Gasteiger charge is 2.12. The van der Waals surface area contributed by atoms with Gasteiger partial charge in [0.05, 0.1) is 28.9 Å². The van der Waals surface area contributed by atoms with Crippen LogP contribution < -0.4 is 10.5 Å². The molecule has 0 atom stereocenters. The molecular weight excluding hydrogens is 342 g/mol. The van der Waals surface area contributed by atoms with Crippen molar-refractivity contribution >= 4 is 44.5 Å². The van der Waals surface area contributed by atoms with Crippen molar-refractivity contribution in [1.29, 1.82) is 0 Å². The number of methoxy groups -OCH3 is 1. The number of imidazole rings is 1. The molecule has 4 nitrogen and oxygen atoms in total. The van der Waals surface area contributed by atoms with E-state index in [2.05, 4.69) is 20.9 Å². The maximum Gasteiger partial charge on any atom is 0.205 e.